The summed E-state index contributed by atoms with van der Waals surface area (Å²) in [5, 5.41) is 2.86. The average Bonchev–Trinajstić information content (AvgIpc) is 3.03. The molecule has 1 atom stereocenters. The second-order valence-corrected chi connectivity index (χ2v) is 7.09. The third kappa shape index (κ3) is 3.68. The van der Waals surface area contributed by atoms with E-state index in [0.29, 0.717) is 28.4 Å². The summed E-state index contributed by atoms with van der Waals surface area (Å²) >= 11 is 4.56. The summed E-state index contributed by atoms with van der Waals surface area (Å²) in [6, 6.07) is 7.34. The summed E-state index contributed by atoms with van der Waals surface area (Å²) < 4.78 is 0.941. The number of H-pyrrole nitrogens is 2. The van der Waals surface area contributed by atoms with Crippen LogP contribution in [0.5, 0.6) is 0 Å². The molecule has 1 unspecified atom stereocenters. The number of fused-ring (bicyclic) bond motifs is 1. The fourth-order valence-electron chi connectivity index (χ4n) is 2.09. The molecular weight excluding hydrogens is 394 g/mol. The van der Waals surface area contributed by atoms with Crippen molar-refractivity contribution in [1.29, 1.82) is 0 Å². The molecule has 0 saturated heterocycles. The number of rotatable bonds is 5. The minimum Gasteiger partial charge on any atom is -0.339 e. The van der Waals surface area contributed by atoms with Crippen LogP contribution in [0, 0.1) is 0 Å². The van der Waals surface area contributed by atoms with Crippen molar-refractivity contribution >= 4 is 50.5 Å². The number of benzene rings is 1. The normalized spacial score (nSPS) is 12.2. The first-order valence-corrected chi connectivity index (χ1v) is 8.90. The Bertz CT molecular complexity index is 922. The number of aromatic nitrogens is 4. The molecule has 0 bridgehead atoms. The molecule has 3 aromatic rings. The molecule has 0 saturated carbocycles. The number of aromatic amines is 2. The zero-order valence-electron chi connectivity index (χ0n) is 12.7. The molecule has 0 fully saturated rings. The highest BCUT2D eigenvalue weighted by molar-refractivity contribution is 9.10. The predicted molar refractivity (Wildman–Crippen MR) is 97.2 cm³/mol. The summed E-state index contributed by atoms with van der Waals surface area (Å²) in [5.41, 5.74) is 1.07. The summed E-state index contributed by atoms with van der Waals surface area (Å²) in [5.74, 6) is -0.144. The van der Waals surface area contributed by atoms with Gasteiger partial charge < -0.3 is 10.3 Å². The molecule has 0 aliphatic rings. The quantitative estimate of drug-likeness (QED) is 0.445. The summed E-state index contributed by atoms with van der Waals surface area (Å²) in [6.07, 6.45) is 2.01. The number of imidazole rings is 1. The molecule has 1 amide bonds. The van der Waals surface area contributed by atoms with Gasteiger partial charge in [0.15, 0.2) is 16.3 Å². The molecule has 0 aliphatic heterocycles. The van der Waals surface area contributed by atoms with Crippen LogP contribution in [0.4, 0.5) is 5.69 Å². The van der Waals surface area contributed by atoms with Crippen LogP contribution in [0.2, 0.25) is 0 Å². The van der Waals surface area contributed by atoms with E-state index >= 15 is 0 Å². The van der Waals surface area contributed by atoms with Gasteiger partial charge in [-0.2, -0.15) is 0 Å². The van der Waals surface area contributed by atoms with E-state index in [4.69, 9.17) is 0 Å². The van der Waals surface area contributed by atoms with Crippen LogP contribution in [-0.4, -0.2) is 31.1 Å². The van der Waals surface area contributed by atoms with Gasteiger partial charge in [-0.05, 0) is 30.7 Å². The zero-order valence-corrected chi connectivity index (χ0v) is 15.1. The molecule has 9 heteroatoms. The lowest BCUT2D eigenvalue weighted by atomic mass is 10.3. The van der Waals surface area contributed by atoms with Crippen molar-refractivity contribution in [2.24, 2.45) is 0 Å². The molecular formula is C15H14BrN5O2S. The Morgan fingerprint density at radius 3 is 2.83 bits per heavy atom. The van der Waals surface area contributed by atoms with Crippen LogP contribution in [0.15, 0.2) is 45.0 Å². The molecule has 124 valence electrons. The number of thioether (sulfide) groups is 1. The van der Waals surface area contributed by atoms with Gasteiger partial charge in [-0.3, -0.25) is 14.6 Å². The predicted octanol–water partition coefficient (Wildman–Crippen LogP) is 2.92. The highest BCUT2D eigenvalue weighted by atomic mass is 79.9. The van der Waals surface area contributed by atoms with Crippen molar-refractivity contribution in [2.75, 3.05) is 5.32 Å². The molecule has 0 spiro atoms. The molecule has 1 aromatic carbocycles. The second-order valence-electron chi connectivity index (χ2n) is 4.98. The Hall–Kier alpha value is -2.13. The zero-order chi connectivity index (χ0) is 17.1. The lowest BCUT2D eigenvalue weighted by Crippen LogP contribution is -2.25. The summed E-state index contributed by atoms with van der Waals surface area (Å²) in [4.78, 5) is 38.0. The molecule has 2 aromatic heterocycles. The Balaban J connectivity index is 1.76. The smallest absolute Gasteiger partial charge is 0.277 e. The minimum absolute atomic E-state index is 0.144. The van der Waals surface area contributed by atoms with Crippen LogP contribution in [0.3, 0.4) is 0 Å². The number of carbonyl (C=O) groups is 1. The number of anilines is 1. The van der Waals surface area contributed by atoms with Gasteiger partial charge in [-0.15, -0.1) is 0 Å². The Kier molecular flexibility index (Phi) is 5.00. The SMILES string of the molecule is CCC(Sc1nc2nc[nH]c2c(=O)[nH]1)C(=O)Nc1ccc(Br)cc1. The first-order chi connectivity index (χ1) is 11.6. The van der Waals surface area contributed by atoms with Gasteiger partial charge in [-0.1, -0.05) is 34.6 Å². The van der Waals surface area contributed by atoms with E-state index in [0.717, 1.165) is 4.47 Å². The van der Waals surface area contributed by atoms with Gasteiger partial charge in [0.25, 0.3) is 5.56 Å². The summed E-state index contributed by atoms with van der Waals surface area (Å²) in [6.45, 7) is 1.91. The number of nitrogens with one attached hydrogen (secondary N) is 3. The van der Waals surface area contributed by atoms with E-state index < -0.39 is 0 Å². The number of carbonyl (C=O) groups excluding carboxylic acids is 1. The van der Waals surface area contributed by atoms with Gasteiger partial charge in [0.1, 0.15) is 0 Å². The molecule has 3 N–H and O–H groups in total. The lowest BCUT2D eigenvalue weighted by Gasteiger charge is -2.14. The van der Waals surface area contributed by atoms with E-state index in [1.54, 1.807) is 0 Å². The van der Waals surface area contributed by atoms with E-state index in [2.05, 4.69) is 41.2 Å². The van der Waals surface area contributed by atoms with Gasteiger partial charge >= 0.3 is 0 Å². The van der Waals surface area contributed by atoms with Crippen LogP contribution in [0.25, 0.3) is 11.2 Å². The fraction of sp³-hybridized carbons (Fsp3) is 0.200. The molecule has 3 rings (SSSR count). The van der Waals surface area contributed by atoms with Crippen molar-refractivity contribution in [3.63, 3.8) is 0 Å². The van der Waals surface area contributed by atoms with Gasteiger partial charge in [0.05, 0.1) is 11.6 Å². The van der Waals surface area contributed by atoms with Gasteiger partial charge in [0.2, 0.25) is 5.91 Å². The average molecular weight is 408 g/mol. The lowest BCUT2D eigenvalue weighted by molar-refractivity contribution is -0.115. The Morgan fingerprint density at radius 1 is 1.38 bits per heavy atom. The first-order valence-electron chi connectivity index (χ1n) is 7.23. The molecule has 24 heavy (non-hydrogen) atoms. The van der Waals surface area contributed by atoms with Crippen molar-refractivity contribution < 1.29 is 4.79 Å². The van der Waals surface area contributed by atoms with Crippen LogP contribution < -0.4 is 10.9 Å². The number of nitrogens with zero attached hydrogens (tertiary/aromatic N) is 2. The first kappa shape index (κ1) is 16.7. The highest BCUT2D eigenvalue weighted by Crippen LogP contribution is 2.24. The van der Waals surface area contributed by atoms with Crippen molar-refractivity contribution in [3.8, 4) is 0 Å². The molecule has 2 heterocycles. The Labute approximate surface area is 149 Å². The van der Waals surface area contributed by atoms with Gasteiger partial charge in [0, 0.05) is 10.2 Å². The molecule has 0 aliphatic carbocycles. The third-order valence-corrected chi connectivity index (χ3v) is 5.08. The van der Waals surface area contributed by atoms with Gasteiger partial charge in [-0.25, -0.2) is 9.97 Å². The number of hydrogen-bond donors (Lipinski definition) is 3. The maximum absolute atomic E-state index is 12.4. The van der Waals surface area contributed by atoms with E-state index in [1.165, 1.54) is 18.1 Å². The van der Waals surface area contributed by atoms with Crippen molar-refractivity contribution in [1.82, 2.24) is 19.9 Å². The standard InChI is InChI=1S/C15H14BrN5O2S/c1-2-10(13(22)19-9-5-3-8(16)4-6-9)24-15-20-12-11(14(23)21-15)17-7-18-12/h3-7,10H,2H2,1H3,(H,19,22)(H2,17,18,20,21,23). The number of amides is 1. The van der Waals surface area contributed by atoms with E-state index in [1.807, 2.05) is 31.2 Å². The Morgan fingerprint density at radius 2 is 2.12 bits per heavy atom. The van der Waals surface area contributed by atoms with E-state index in [9.17, 15) is 9.59 Å². The van der Waals surface area contributed by atoms with E-state index in [-0.39, 0.29) is 16.7 Å². The second kappa shape index (κ2) is 7.18. The summed E-state index contributed by atoms with van der Waals surface area (Å²) in [7, 11) is 0. The third-order valence-electron chi connectivity index (χ3n) is 3.30. The monoisotopic (exact) mass is 407 g/mol. The largest absolute Gasteiger partial charge is 0.339 e. The maximum atomic E-state index is 12.4. The molecule has 7 nitrogen and oxygen atoms in total. The van der Waals surface area contributed by atoms with Crippen LogP contribution >= 0.6 is 27.7 Å². The minimum atomic E-state index is -0.381. The molecule has 0 radical (unpaired) electrons. The van der Waals surface area contributed by atoms with Crippen LogP contribution in [0.1, 0.15) is 13.3 Å². The van der Waals surface area contributed by atoms with Crippen LogP contribution in [-0.2, 0) is 4.79 Å². The van der Waals surface area contributed by atoms with Crippen molar-refractivity contribution in [3.05, 3.63) is 45.4 Å². The van der Waals surface area contributed by atoms with Crippen molar-refractivity contribution in [2.45, 2.75) is 23.8 Å². The number of hydrogen-bond acceptors (Lipinski definition) is 5. The highest BCUT2D eigenvalue weighted by Gasteiger charge is 2.20. The fourth-order valence-corrected chi connectivity index (χ4v) is 3.25. The topological polar surface area (TPSA) is 104 Å². The maximum Gasteiger partial charge on any atom is 0.277 e. The number of halogens is 1.